The molecule has 3 aromatic rings. The number of nitrogens with one attached hydrogen (secondary N) is 2. The van der Waals surface area contributed by atoms with Gasteiger partial charge in [-0.25, -0.2) is 13.1 Å². The van der Waals surface area contributed by atoms with Gasteiger partial charge in [0.25, 0.3) is 15.9 Å². The first kappa shape index (κ1) is 24.7. The molecule has 8 nitrogen and oxygen atoms in total. The minimum Gasteiger partial charge on any atom is -0.438 e. The molecule has 1 amide bonds. The zero-order chi connectivity index (χ0) is 24.1. The van der Waals surface area contributed by atoms with Crippen molar-refractivity contribution in [2.24, 2.45) is 0 Å². The predicted molar refractivity (Wildman–Crippen MR) is 127 cm³/mol. The number of aryl methyl sites for hydroxylation is 1. The number of rotatable bonds is 10. The number of sulfonamides is 1. The fraction of sp³-hybridized carbons (Fsp3) is 0.417. The third-order valence-electron chi connectivity index (χ3n) is 4.98. The number of aromatic amines is 1. The standard InChI is InChI=1S/C24H32N4O4S/c1-24(2,3)27-33(30,31)22-15-14-21(32-22)23(29)28(4)16-10-6-9-13-19-17-20(26-25-19)18-11-7-5-8-12-18/h5,7-8,11-12,14-15,17,27H,6,9-10,13,16H2,1-4H3,(H,25,26). The maximum absolute atomic E-state index is 12.6. The number of hydrogen-bond donors (Lipinski definition) is 2. The summed E-state index contributed by atoms with van der Waals surface area (Å²) < 4.78 is 32.6. The van der Waals surface area contributed by atoms with Gasteiger partial charge in [-0.3, -0.25) is 9.89 Å². The fourth-order valence-electron chi connectivity index (χ4n) is 3.41. The number of amides is 1. The van der Waals surface area contributed by atoms with Gasteiger partial charge in [0, 0.05) is 30.4 Å². The van der Waals surface area contributed by atoms with Crippen molar-refractivity contribution in [2.45, 2.75) is 57.1 Å². The predicted octanol–water partition coefficient (Wildman–Crippen LogP) is 4.23. The first-order valence-electron chi connectivity index (χ1n) is 11.0. The monoisotopic (exact) mass is 472 g/mol. The van der Waals surface area contributed by atoms with Crippen LogP contribution in [0.1, 0.15) is 56.3 Å². The Balaban J connectivity index is 1.43. The summed E-state index contributed by atoms with van der Waals surface area (Å²) in [5, 5.41) is 7.20. The average molecular weight is 473 g/mol. The summed E-state index contributed by atoms with van der Waals surface area (Å²) in [7, 11) is -2.13. The lowest BCUT2D eigenvalue weighted by molar-refractivity contribution is 0.0755. The Labute approximate surface area is 195 Å². The van der Waals surface area contributed by atoms with E-state index in [1.54, 1.807) is 32.7 Å². The van der Waals surface area contributed by atoms with E-state index in [-0.39, 0.29) is 16.8 Å². The van der Waals surface area contributed by atoms with E-state index in [2.05, 4.69) is 21.0 Å². The molecule has 0 bridgehead atoms. The zero-order valence-corrected chi connectivity index (χ0v) is 20.4. The van der Waals surface area contributed by atoms with E-state index >= 15 is 0 Å². The van der Waals surface area contributed by atoms with Crippen molar-refractivity contribution in [2.75, 3.05) is 13.6 Å². The van der Waals surface area contributed by atoms with Gasteiger partial charge >= 0.3 is 0 Å². The van der Waals surface area contributed by atoms with Crippen molar-refractivity contribution in [3.63, 3.8) is 0 Å². The number of hydrogen-bond acceptors (Lipinski definition) is 5. The minimum absolute atomic E-state index is 0.0117. The Bertz CT molecular complexity index is 1160. The Kier molecular flexibility index (Phi) is 7.76. The first-order valence-corrected chi connectivity index (χ1v) is 12.5. The van der Waals surface area contributed by atoms with Gasteiger partial charge in [0.05, 0.1) is 5.69 Å². The molecule has 0 radical (unpaired) electrons. The van der Waals surface area contributed by atoms with Crippen LogP contribution in [0.15, 0.2) is 58.0 Å². The fourth-order valence-corrected chi connectivity index (χ4v) is 4.76. The van der Waals surface area contributed by atoms with E-state index in [0.29, 0.717) is 6.54 Å². The van der Waals surface area contributed by atoms with E-state index < -0.39 is 15.6 Å². The highest BCUT2D eigenvalue weighted by Crippen LogP contribution is 2.19. The second-order valence-electron chi connectivity index (χ2n) is 9.16. The van der Waals surface area contributed by atoms with Gasteiger partial charge in [-0.1, -0.05) is 36.8 Å². The number of nitrogens with zero attached hydrogens (tertiary/aromatic N) is 2. The molecule has 0 fully saturated rings. The molecule has 178 valence electrons. The van der Waals surface area contributed by atoms with Crippen molar-refractivity contribution < 1.29 is 17.6 Å². The summed E-state index contributed by atoms with van der Waals surface area (Å²) in [4.78, 5) is 14.1. The van der Waals surface area contributed by atoms with Crippen LogP contribution in [0.5, 0.6) is 0 Å². The van der Waals surface area contributed by atoms with Crippen molar-refractivity contribution in [1.82, 2.24) is 19.8 Å². The lowest BCUT2D eigenvalue weighted by atomic mass is 10.1. The van der Waals surface area contributed by atoms with E-state index in [1.807, 2.05) is 30.3 Å². The SMILES string of the molecule is CN(CCCCCc1cc(-c2ccccc2)n[nH]1)C(=O)c1ccc(S(=O)(=O)NC(C)(C)C)o1. The maximum Gasteiger partial charge on any atom is 0.289 e. The highest BCUT2D eigenvalue weighted by atomic mass is 32.2. The molecule has 33 heavy (non-hydrogen) atoms. The van der Waals surface area contributed by atoms with E-state index in [9.17, 15) is 13.2 Å². The molecular weight excluding hydrogens is 440 g/mol. The first-order chi connectivity index (χ1) is 15.5. The number of carbonyl (C=O) groups is 1. The number of aromatic nitrogens is 2. The van der Waals surface area contributed by atoms with Crippen LogP contribution in [0.3, 0.4) is 0 Å². The van der Waals surface area contributed by atoms with Crippen LogP contribution in [0.25, 0.3) is 11.3 Å². The van der Waals surface area contributed by atoms with Gasteiger partial charge < -0.3 is 9.32 Å². The number of benzene rings is 1. The molecule has 0 unspecified atom stereocenters. The highest BCUT2D eigenvalue weighted by Gasteiger charge is 2.26. The molecule has 0 aliphatic rings. The van der Waals surface area contributed by atoms with Crippen molar-refractivity contribution in [1.29, 1.82) is 0 Å². The van der Waals surface area contributed by atoms with E-state index in [1.165, 1.54) is 12.1 Å². The van der Waals surface area contributed by atoms with Crippen LogP contribution in [0.4, 0.5) is 0 Å². The molecule has 0 aliphatic heterocycles. The molecule has 0 atom stereocenters. The molecular formula is C24H32N4O4S. The van der Waals surface area contributed by atoms with Crippen LogP contribution >= 0.6 is 0 Å². The summed E-state index contributed by atoms with van der Waals surface area (Å²) >= 11 is 0. The van der Waals surface area contributed by atoms with E-state index in [4.69, 9.17) is 4.42 Å². The molecule has 2 heterocycles. The zero-order valence-electron chi connectivity index (χ0n) is 19.6. The third-order valence-corrected chi connectivity index (χ3v) is 6.61. The summed E-state index contributed by atoms with van der Waals surface area (Å²) in [5.74, 6) is -0.328. The smallest absolute Gasteiger partial charge is 0.289 e. The lowest BCUT2D eigenvalue weighted by Crippen LogP contribution is -2.40. The second kappa shape index (κ2) is 10.4. The highest BCUT2D eigenvalue weighted by molar-refractivity contribution is 7.89. The van der Waals surface area contributed by atoms with Gasteiger partial charge in [0.1, 0.15) is 0 Å². The van der Waals surface area contributed by atoms with Gasteiger partial charge in [0.15, 0.2) is 5.76 Å². The van der Waals surface area contributed by atoms with Crippen LogP contribution < -0.4 is 4.72 Å². The Hall–Kier alpha value is -2.91. The number of furan rings is 1. The summed E-state index contributed by atoms with van der Waals surface area (Å²) in [5.41, 5.74) is 2.47. The Morgan fingerprint density at radius 2 is 1.82 bits per heavy atom. The largest absolute Gasteiger partial charge is 0.438 e. The van der Waals surface area contributed by atoms with Gasteiger partial charge in [-0.05, 0) is 58.2 Å². The van der Waals surface area contributed by atoms with Gasteiger partial charge in [-0.15, -0.1) is 0 Å². The van der Waals surface area contributed by atoms with Gasteiger partial charge in [0.2, 0.25) is 5.09 Å². The number of H-pyrrole nitrogens is 1. The lowest BCUT2D eigenvalue weighted by Gasteiger charge is -2.19. The molecule has 3 rings (SSSR count). The molecule has 0 saturated heterocycles. The minimum atomic E-state index is -3.82. The number of unbranched alkanes of at least 4 members (excludes halogenated alkanes) is 2. The molecule has 0 aliphatic carbocycles. The van der Waals surface area contributed by atoms with Crippen LogP contribution in [-0.2, 0) is 16.4 Å². The van der Waals surface area contributed by atoms with Gasteiger partial charge in [-0.2, -0.15) is 5.10 Å². The topological polar surface area (TPSA) is 108 Å². The van der Waals surface area contributed by atoms with Crippen molar-refractivity contribution in [3.8, 4) is 11.3 Å². The Morgan fingerprint density at radius 3 is 2.52 bits per heavy atom. The summed E-state index contributed by atoms with van der Waals surface area (Å²) in [6, 6.07) is 14.8. The molecule has 2 aromatic heterocycles. The Morgan fingerprint density at radius 1 is 1.09 bits per heavy atom. The molecule has 0 saturated carbocycles. The van der Waals surface area contributed by atoms with E-state index in [0.717, 1.165) is 42.6 Å². The normalized spacial score (nSPS) is 12.1. The average Bonchev–Trinajstić information content (AvgIpc) is 3.42. The molecule has 9 heteroatoms. The van der Waals surface area contributed by atoms with Crippen LogP contribution in [0, 0.1) is 0 Å². The third kappa shape index (κ3) is 7.03. The molecule has 2 N–H and O–H groups in total. The molecule has 0 spiro atoms. The van der Waals surface area contributed by atoms with Crippen molar-refractivity contribution in [3.05, 3.63) is 60.0 Å². The van der Waals surface area contributed by atoms with Crippen LogP contribution in [0.2, 0.25) is 0 Å². The molecule has 1 aromatic carbocycles. The summed E-state index contributed by atoms with van der Waals surface area (Å²) in [6.07, 6.45) is 3.64. The van der Waals surface area contributed by atoms with Crippen molar-refractivity contribution >= 4 is 15.9 Å². The quantitative estimate of drug-likeness (QED) is 0.429. The second-order valence-corrected chi connectivity index (χ2v) is 10.8. The number of carbonyl (C=O) groups excluding carboxylic acids is 1. The van der Waals surface area contributed by atoms with Crippen LogP contribution in [-0.4, -0.2) is 48.6 Å². The summed E-state index contributed by atoms with van der Waals surface area (Å²) in [6.45, 7) is 5.77. The maximum atomic E-state index is 12.6.